The van der Waals surface area contributed by atoms with Gasteiger partial charge in [0.1, 0.15) is 12.1 Å². The van der Waals surface area contributed by atoms with Crippen molar-refractivity contribution in [3.05, 3.63) is 54.4 Å². The quantitative estimate of drug-likeness (QED) is 0.710. The van der Waals surface area contributed by atoms with E-state index in [4.69, 9.17) is 10.5 Å². The van der Waals surface area contributed by atoms with Crippen LogP contribution in [0.15, 0.2) is 48.8 Å². The van der Waals surface area contributed by atoms with Gasteiger partial charge < -0.3 is 10.5 Å². The molecule has 0 bridgehead atoms. The number of nitrogen functional groups attached to an aromatic ring is 1. The number of nitrogens with two attached hydrogens (primary N) is 1. The number of fused-ring (bicyclic) bond motifs is 1. The maximum atomic E-state index is 5.87. The summed E-state index contributed by atoms with van der Waals surface area (Å²) in [5.41, 5.74) is 8.34. The van der Waals surface area contributed by atoms with Crippen molar-refractivity contribution in [2.75, 3.05) is 5.73 Å². The second-order valence-corrected chi connectivity index (χ2v) is 4.27. The van der Waals surface area contributed by atoms with E-state index < -0.39 is 0 Å². The van der Waals surface area contributed by atoms with Gasteiger partial charge in [0, 0.05) is 11.3 Å². The molecule has 3 rings (SSSR count). The molecule has 1 heterocycles. The van der Waals surface area contributed by atoms with Crippen molar-refractivity contribution in [3.63, 3.8) is 0 Å². The summed E-state index contributed by atoms with van der Waals surface area (Å²) in [6.07, 6.45) is 1.50. The average molecular weight is 251 g/mol. The molecule has 0 saturated carbocycles. The zero-order valence-electron chi connectivity index (χ0n) is 10.5. The van der Waals surface area contributed by atoms with Gasteiger partial charge in [-0.25, -0.2) is 9.97 Å². The molecule has 0 radical (unpaired) electrons. The maximum absolute atomic E-state index is 5.87. The van der Waals surface area contributed by atoms with Crippen LogP contribution in [0.5, 0.6) is 11.6 Å². The van der Waals surface area contributed by atoms with Crippen LogP contribution >= 0.6 is 0 Å². The minimum absolute atomic E-state index is 0.541. The Labute approximate surface area is 110 Å². The standard InChI is InChI=1S/C15H13N3O/c1-10-12(16)6-4-8-14(10)19-15-11-5-2-3-7-13(11)17-9-18-15/h2-9H,16H2,1H3. The maximum Gasteiger partial charge on any atom is 0.230 e. The van der Waals surface area contributed by atoms with Crippen molar-refractivity contribution >= 4 is 16.6 Å². The summed E-state index contributed by atoms with van der Waals surface area (Å²) in [6, 6.07) is 13.3. The third kappa shape index (κ3) is 2.08. The number of rotatable bonds is 2. The van der Waals surface area contributed by atoms with Gasteiger partial charge in [-0.15, -0.1) is 0 Å². The van der Waals surface area contributed by atoms with Gasteiger partial charge in [-0.05, 0) is 31.2 Å². The highest BCUT2D eigenvalue weighted by Crippen LogP contribution is 2.30. The Kier molecular flexibility index (Phi) is 2.76. The monoisotopic (exact) mass is 251 g/mol. The van der Waals surface area contributed by atoms with Gasteiger partial charge in [-0.2, -0.15) is 0 Å². The third-order valence-electron chi connectivity index (χ3n) is 3.04. The van der Waals surface area contributed by atoms with Crippen LogP contribution in [0.2, 0.25) is 0 Å². The van der Waals surface area contributed by atoms with Crippen LogP contribution in [0.4, 0.5) is 5.69 Å². The molecule has 0 spiro atoms. The number of benzene rings is 2. The summed E-state index contributed by atoms with van der Waals surface area (Å²) in [6.45, 7) is 1.92. The molecule has 0 fully saturated rings. The Balaban J connectivity index is 2.09. The number of nitrogens with zero attached hydrogens (tertiary/aromatic N) is 2. The predicted molar refractivity (Wildman–Crippen MR) is 75.2 cm³/mol. The van der Waals surface area contributed by atoms with Gasteiger partial charge in [0.05, 0.1) is 10.9 Å². The molecule has 0 aliphatic rings. The topological polar surface area (TPSA) is 61.0 Å². The van der Waals surface area contributed by atoms with Crippen LogP contribution in [0.25, 0.3) is 10.9 Å². The first-order valence-corrected chi connectivity index (χ1v) is 5.98. The highest BCUT2D eigenvalue weighted by Gasteiger charge is 2.08. The minimum atomic E-state index is 0.541. The van der Waals surface area contributed by atoms with E-state index in [0.717, 1.165) is 16.5 Å². The zero-order chi connectivity index (χ0) is 13.2. The van der Waals surface area contributed by atoms with Gasteiger partial charge in [0.25, 0.3) is 0 Å². The van der Waals surface area contributed by atoms with Crippen molar-refractivity contribution in [1.82, 2.24) is 9.97 Å². The normalized spacial score (nSPS) is 10.6. The van der Waals surface area contributed by atoms with Gasteiger partial charge in [0.2, 0.25) is 5.88 Å². The summed E-state index contributed by atoms with van der Waals surface area (Å²) < 4.78 is 5.87. The fourth-order valence-electron chi connectivity index (χ4n) is 1.91. The van der Waals surface area contributed by atoms with Crippen molar-refractivity contribution in [2.24, 2.45) is 0 Å². The molecule has 0 aliphatic heterocycles. The lowest BCUT2D eigenvalue weighted by atomic mass is 10.2. The Morgan fingerprint density at radius 1 is 1.00 bits per heavy atom. The third-order valence-corrected chi connectivity index (χ3v) is 3.04. The highest BCUT2D eigenvalue weighted by molar-refractivity contribution is 5.83. The van der Waals surface area contributed by atoms with E-state index in [2.05, 4.69) is 9.97 Å². The van der Waals surface area contributed by atoms with Crippen molar-refractivity contribution in [2.45, 2.75) is 6.92 Å². The molecule has 0 atom stereocenters. The van der Waals surface area contributed by atoms with Gasteiger partial charge in [0.15, 0.2) is 0 Å². The van der Waals surface area contributed by atoms with Crippen LogP contribution < -0.4 is 10.5 Å². The molecular formula is C15H13N3O. The van der Waals surface area contributed by atoms with Crippen LogP contribution in [0, 0.1) is 6.92 Å². The first kappa shape index (κ1) is 11.5. The lowest BCUT2D eigenvalue weighted by Gasteiger charge is -2.10. The molecule has 0 aliphatic carbocycles. The molecule has 4 nitrogen and oxygen atoms in total. The lowest BCUT2D eigenvalue weighted by Crippen LogP contribution is -1.95. The highest BCUT2D eigenvalue weighted by atomic mass is 16.5. The smallest absolute Gasteiger partial charge is 0.230 e. The van der Waals surface area contributed by atoms with E-state index >= 15 is 0 Å². The van der Waals surface area contributed by atoms with Crippen molar-refractivity contribution < 1.29 is 4.74 Å². The number of para-hydroxylation sites is 1. The molecule has 0 saturated heterocycles. The van der Waals surface area contributed by atoms with Crippen LogP contribution in [-0.2, 0) is 0 Å². The number of ether oxygens (including phenoxy) is 1. The van der Waals surface area contributed by atoms with Crippen molar-refractivity contribution in [1.29, 1.82) is 0 Å². The SMILES string of the molecule is Cc1c(N)cccc1Oc1ncnc2ccccc12. The zero-order valence-corrected chi connectivity index (χ0v) is 10.5. The molecule has 2 aromatic carbocycles. The summed E-state index contributed by atoms with van der Waals surface area (Å²) in [5.74, 6) is 1.25. The summed E-state index contributed by atoms with van der Waals surface area (Å²) in [5, 5.41) is 0.881. The van der Waals surface area contributed by atoms with E-state index in [1.807, 2.05) is 49.4 Å². The summed E-state index contributed by atoms with van der Waals surface area (Å²) in [7, 11) is 0. The van der Waals surface area contributed by atoms with Crippen LogP contribution in [-0.4, -0.2) is 9.97 Å². The Morgan fingerprint density at radius 2 is 1.84 bits per heavy atom. The number of aromatic nitrogens is 2. The molecule has 19 heavy (non-hydrogen) atoms. The van der Waals surface area contributed by atoms with Crippen LogP contribution in [0.3, 0.4) is 0 Å². The molecule has 0 unspecified atom stereocenters. The van der Waals surface area contributed by atoms with Crippen molar-refractivity contribution in [3.8, 4) is 11.6 Å². The molecular weight excluding hydrogens is 238 g/mol. The second-order valence-electron chi connectivity index (χ2n) is 4.27. The number of anilines is 1. The fraction of sp³-hybridized carbons (Fsp3) is 0.0667. The Hall–Kier alpha value is -2.62. The van der Waals surface area contributed by atoms with E-state index in [9.17, 15) is 0 Å². The molecule has 94 valence electrons. The van der Waals surface area contributed by atoms with E-state index in [0.29, 0.717) is 17.3 Å². The lowest BCUT2D eigenvalue weighted by molar-refractivity contribution is 0.465. The number of hydrogen-bond acceptors (Lipinski definition) is 4. The van der Waals surface area contributed by atoms with Gasteiger partial charge >= 0.3 is 0 Å². The van der Waals surface area contributed by atoms with Crippen LogP contribution in [0.1, 0.15) is 5.56 Å². The molecule has 3 aromatic rings. The minimum Gasteiger partial charge on any atom is -0.438 e. The van der Waals surface area contributed by atoms with E-state index in [1.54, 1.807) is 0 Å². The molecule has 0 amide bonds. The van der Waals surface area contributed by atoms with E-state index in [1.165, 1.54) is 6.33 Å². The summed E-state index contributed by atoms with van der Waals surface area (Å²) >= 11 is 0. The first-order valence-electron chi connectivity index (χ1n) is 5.98. The average Bonchev–Trinajstić information content (AvgIpc) is 2.44. The van der Waals surface area contributed by atoms with Gasteiger partial charge in [-0.3, -0.25) is 0 Å². The number of hydrogen-bond donors (Lipinski definition) is 1. The molecule has 1 aromatic heterocycles. The largest absolute Gasteiger partial charge is 0.438 e. The van der Waals surface area contributed by atoms with E-state index in [-0.39, 0.29) is 0 Å². The first-order chi connectivity index (χ1) is 9.25. The Bertz CT molecular complexity index is 735. The summed E-state index contributed by atoms with van der Waals surface area (Å²) in [4.78, 5) is 8.41. The fourth-order valence-corrected chi connectivity index (χ4v) is 1.91. The second kappa shape index (κ2) is 4.57. The predicted octanol–water partition coefficient (Wildman–Crippen LogP) is 3.31. The van der Waals surface area contributed by atoms with Gasteiger partial charge in [-0.1, -0.05) is 18.2 Å². The molecule has 4 heteroatoms. The Morgan fingerprint density at radius 3 is 2.74 bits per heavy atom. The molecule has 2 N–H and O–H groups in total.